The van der Waals surface area contributed by atoms with Crippen LogP contribution in [0.5, 0.6) is 11.5 Å². The fourth-order valence-electron chi connectivity index (χ4n) is 2.79. The average Bonchev–Trinajstić information content (AvgIpc) is 2.67. The molecule has 2 heterocycles. The standard InChI is InChI=1S/C20H24N2O5S/c1-20(2,3)19(23)22-13-18(14-5-4-8-21-12-14)28(24,25)15-6-7-16-17(11-15)27-10-9-26-16/h4-8,11-12,18H,9-10,13H2,1-3H3,(H,22,23)/t18-/m0/s1. The van der Waals surface area contributed by atoms with Crippen molar-refractivity contribution in [2.45, 2.75) is 30.9 Å². The van der Waals surface area contributed by atoms with E-state index in [1.165, 1.54) is 18.3 Å². The Labute approximate surface area is 165 Å². The van der Waals surface area contributed by atoms with Crippen LogP contribution in [0, 0.1) is 5.41 Å². The van der Waals surface area contributed by atoms with Gasteiger partial charge in [-0.05, 0) is 23.8 Å². The van der Waals surface area contributed by atoms with Gasteiger partial charge in [0.1, 0.15) is 18.5 Å². The molecule has 1 aliphatic rings. The third kappa shape index (κ3) is 4.27. The van der Waals surface area contributed by atoms with Crippen molar-refractivity contribution >= 4 is 15.7 Å². The van der Waals surface area contributed by atoms with Crippen molar-refractivity contribution < 1.29 is 22.7 Å². The molecule has 3 rings (SSSR count). The average molecular weight is 404 g/mol. The number of benzene rings is 1. The number of hydrogen-bond acceptors (Lipinski definition) is 6. The number of rotatable bonds is 5. The fourth-order valence-corrected chi connectivity index (χ4v) is 4.45. The predicted molar refractivity (Wildman–Crippen MR) is 104 cm³/mol. The Bertz CT molecular complexity index is 952. The summed E-state index contributed by atoms with van der Waals surface area (Å²) in [7, 11) is -3.82. The number of pyridine rings is 1. The molecule has 0 bridgehead atoms. The Morgan fingerprint density at radius 2 is 1.89 bits per heavy atom. The Balaban J connectivity index is 1.95. The first kappa shape index (κ1) is 20.1. The van der Waals surface area contributed by atoms with Gasteiger partial charge in [0.2, 0.25) is 5.91 Å². The molecule has 0 unspecified atom stereocenters. The molecule has 1 aromatic carbocycles. The number of aromatic nitrogens is 1. The number of amides is 1. The molecule has 8 heteroatoms. The third-order valence-corrected chi connectivity index (χ3v) is 6.50. The smallest absolute Gasteiger partial charge is 0.225 e. The van der Waals surface area contributed by atoms with Gasteiger partial charge in [0.25, 0.3) is 0 Å². The molecule has 7 nitrogen and oxygen atoms in total. The van der Waals surface area contributed by atoms with E-state index >= 15 is 0 Å². The van der Waals surface area contributed by atoms with Crippen LogP contribution in [-0.2, 0) is 14.6 Å². The highest BCUT2D eigenvalue weighted by Crippen LogP contribution is 2.36. The van der Waals surface area contributed by atoms with Gasteiger partial charge in [-0.15, -0.1) is 0 Å². The summed E-state index contributed by atoms with van der Waals surface area (Å²) in [6, 6.07) is 7.93. The van der Waals surface area contributed by atoms with Crippen LogP contribution in [0.1, 0.15) is 31.6 Å². The van der Waals surface area contributed by atoms with Gasteiger partial charge in [0.15, 0.2) is 21.3 Å². The molecule has 1 aliphatic heterocycles. The number of nitrogens with one attached hydrogen (secondary N) is 1. The molecule has 150 valence electrons. The fraction of sp³-hybridized carbons (Fsp3) is 0.400. The SMILES string of the molecule is CC(C)(C)C(=O)NC[C@@H](c1cccnc1)S(=O)(=O)c1ccc2c(c1)OCCO2. The van der Waals surface area contributed by atoms with E-state index in [1.807, 2.05) is 0 Å². The normalized spacial score (nSPS) is 15.0. The molecule has 0 fully saturated rings. The van der Waals surface area contributed by atoms with E-state index in [4.69, 9.17) is 9.47 Å². The molecule has 1 atom stereocenters. The number of fused-ring (bicyclic) bond motifs is 1. The lowest BCUT2D eigenvalue weighted by molar-refractivity contribution is -0.128. The van der Waals surface area contributed by atoms with Crippen molar-refractivity contribution in [2.75, 3.05) is 19.8 Å². The van der Waals surface area contributed by atoms with Gasteiger partial charge in [-0.2, -0.15) is 0 Å². The van der Waals surface area contributed by atoms with Crippen LogP contribution in [0.4, 0.5) is 0 Å². The summed E-state index contributed by atoms with van der Waals surface area (Å²) in [5, 5.41) is 1.78. The minimum absolute atomic E-state index is 0.0570. The zero-order chi connectivity index (χ0) is 20.4. The van der Waals surface area contributed by atoms with E-state index in [0.717, 1.165) is 0 Å². The maximum atomic E-state index is 13.4. The molecule has 2 aromatic rings. The summed E-state index contributed by atoms with van der Waals surface area (Å²) in [6.07, 6.45) is 3.08. The van der Waals surface area contributed by atoms with E-state index < -0.39 is 20.5 Å². The summed E-state index contributed by atoms with van der Waals surface area (Å²) < 4.78 is 37.8. The second-order valence-corrected chi connectivity index (χ2v) is 9.72. The minimum Gasteiger partial charge on any atom is -0.486 e. The molecular weight excluding hydrogens is 380 g/mol. The molecule has 0 spiro atoms. The molecule has 1 N–H and O–H groups in total. The van der Waals surface area contributed by atoms with Crippen molar-refractivity contribution in [1.29, 1.82) is 0 Å². The first-order valence-electron chi connectivity index (χ1n) is 9.01. The van der Waals surface area contributed by atoms with Crippen LogP contribution in [0.2, 0.25) is 0 Å². The van der Waals surface area contributed by atoms with Gasteiger partial charge in [0.05, 0.1) is 4.90 Å². The van der Waals surface area contributed by atoms with Crippen molar-refractivity contribution in [3.8, 4) is 11.5 Å². The molecule has 0 saturated carbocycles. The van der Waals surface area contributed by atoms with Crippen molar-refractivity contribution in [3.63, 3.8) is 0 Å². The van der Waals surface area contributed by atoms with E-state index in [2.05, 4.69) is 10.3 Å². The molecule has 1 aromatic heterocycles. The zero-order valence-electron chi connectivity index (χ0n) is 16.1. The molecular formula is C20H24N2O5S. The molecule has 0 aliphatic carbocycles. The van der Waals surface area contributed by atoms with Gasteiger partial charge in [0, 0.05) is 30.4 Å². The predicted octanol–water partition coefficient (Wildman–Crippen LogP) is 2.53. The summed E-state index contributed by atoms with van der Waals surface area (Å²) in [6.45, 7) is 6.06. The summed E-state index contributed by atoms with van der Waals surface area (Å²) >= 11 is 0. The van der Waals surface area contributed by atoms with Crippen LogP contribution in [0.3, 0.4) is 0 Å². The van der Waals surface area contributed by atoms with Gasteiger partial charge < -0.3 is 14.8 Å². The van der Waals surface area contributed by atoms with E-state index in [-0.39, 0.29) is 17.3 Å². The van der Waals surface area contributed by atoms with Crippen molar-refractivity contribution in [1.82, 2.24) is 10.3 Å². The molecule has 28 heavy (non-hydrogen) atoms. The number of hydrogen-bond donors (Lipinski definition) is 1. The number of carbonyl (C=O) groups is 1. The summed E-state index contributed by atoms with van der Waals surface area (Å²) in [5.74, 6) is 0.693. The van der Waals surface area contributed by atoms with Crippen LogP contribution in [-0.4, -0.2) is 39.1 Å². The number of sulfone groups is 1. The molecule has 0 radical (unpaired) electrons. The first-order valence-corrected chi connectivity index (χ1v) is 10.6. The highest BCUT2D eigenvalue weighted by atomic mass is 32.2. The van der Waals surface area contributed by atoms with Gasteiger partial charge in [-0.25, -0.2) is 8.42 Å². The first-order chi connectivity index (χ1) is 13.2. The Morgan fingerprint density at radius 1 is 1.18 bits per heavy atom. The van der Waals surface area contributed by atoms with Crippen LogP contribution >= 0.6 is 0 Å². The minimum atomic E-state index is -3.82. The summed E-state index contributed by atoms with van der Waals surface area (Å²) in [4.78, 5) is 16.4. The topological polar surface area (TPSA) is 94.6 Å². The third-order valence-electron chi connectivity index (χ3n) is 4.40. The van der Waals surface area contributed by atoms with E-state index in [9.17, 15) is 13.2 Å². The van der Waals surface area contributed by atoms with Gasteiger partial charge in [-0.1, -0.05) is 26.8 Å². The largest absolute Gasteiger partial charge is 0.486 e. The monoisotopic (exact) mass is 404 g/mol. The Kier molecular flexibility index (Phi) is 5.60. The quantitative estimate of drug-likeness (QED) is 0.823. The van der Waals surface area contributed by atoms with Crippen LogP contribution in [0.25, 0.3) is 0 Å². The highest BCUT2D eigenvalue weighted by Gasteiger charge is 2.32. The maximum absolute atomic E-state index is 13.4. The Hall–Kier alpha value is -2.61. The molecule has 1 amide bonds. The van der Waals surface area contributed by atoms with Crippen molar-refractivity contribution in [3.05, 3.63) is 48.3 Å². The van der Waals surface area contributed by atoms with Gasteiger partial charge >= 0.3 is 0 Å². The summed E-state index contributed by atoms with van der Waals surface area (Å²) in [5.41, 5.74) is -0.119. The second kappa shape index (κ2) is 7.79. The van der Waals surface area contributed by atoms with Crippen molar-refractivity contribution in [2.24, 2.45) is 5.41 Å². The lowest BCUT2D eigenvalue weighted by atomic mass is 9.95. The number of ether oxygens (including phenoxy) is 2. The van der Waals surface area contributed by atoms with Gasteiger partial charge in [-0.3, -0.25) is 9.78 Å². The highest BCUT2D eigenvalue weighted by molar-refractivity contribution is 7.91. The maximum Gasteiger partial charge on any atom is 0.225 e. The molecule has 0 saturated heterocycles. The lowest BCUT2D eigenvalue weighted by Crippen LogP contribution is -2.38. The van der Waals surface area contributed by atoms with E-state index in [1.54, 1.807) is 45.2 Å². The zero-order valence-corrected chi connectivity index (χ0v) is 17.0. The second-order valence-electron chi connectivity index (χ2n) is 7.59. The van der Waals surface area contributed by atoms with Crippen LogP contribution < -0.4 is 14.8 Å². The number of nitrogens with zero attached hydrogens (tertiary/aromatic N) is 1. The lowest BCUT2D eigenvalue weighted by Gasteiger charge is -2.23. The van der Waals surface area contributed by atoms with Crippen LogP contribution in [0.15, 0.2) is 47.6 Å². The number of carbonyl (C=O) groups excluding carboxylic acids is 1. The van der Waals surface area contributed by atoms with E-state index in [0.29, 0.717) is 30.3 Å². The Morgan fingerprint density at radius 3 is 2.54 bits per heavy atom.